The standard InChI is InChI=1S/C18H15Cl3N2O6S/c1-28-12-7-3-4-8-13(12)29-17(18(19,20)21)22-15(24)10-23-16(25)11-6-2-5-9-14(11)30(23,26)27/h2-9,17H,10H2,1H3,(H,22,24). The number of alkyl halides is 3. The van der Waals surface area contributed by atoms with Crippen LogP contribution in [0.25, 0.3) is 0 Å². The van der Waals surface area contributed by atoms with Gasteiger partial charge in [0.05, 0.1) is 12.7 Å². The van der Waals surface area contributed by atoms with Gasteiger partial charge in [0.25, 0.3) is 15.9 Å². The largest absolute Gasteiger partial charge is 0.493 e. The molecule has 12 heteroatoms. The third kappa shape index (κ3) is 4.44. The Morgan fingerprint density at radius 1 is 1.10 bits per heavy atom. The third-order valence-corrected chi connectivity index (χ3v) is 6.48. The Morgan fingerprint density at radius 2 is 1.70 bits per heavy atom. The highest BCUT2D eigenvalue weighted by Gasteiger charge is 2.43. The van der Waals surface area contributed by atoms with Gasteiger partial charge >= 0.3 is 0 Å². The van der Waals surface area contributed by atoms with Crippen LogP contribution in [0.1, 0.15) is 10.4 Å². The zero-order valence-electron chi connectivity index (χ0n) is 15.3. The second kappa shape index (κ2) is 8.50. The van der Waals surface area contributed by atoms with E-state index in [2.05, 4.69) is 5.32 Å². The summed E-state index contributed by atoms with van der Waals surface area (Å²) in [7, 11) is -2.76. The number of sulfonamides is 1. The second-order valence-electron chi connectivity index (χ2n) is 6.07. The summed E-state index contributed by atoms with van der Waals surface area (Å²) in [6, 6.07) is 12.1. The number of ether oxygens (including phenoxy) is 2. The fraction of sp³-hybridized carbons (Fsp3) is 0.222. The van der Waals surface area contributed by atoms with Crippen LogP contribution in [0.5, 0.6) is 11.5 Å². The van der Waals surface area contributed by atoms with Gasteiger partial charge in [-0.05, 0) is 24.3 Å². The van der Waals surface area contributed by atoms with Gasteiger partial charge in [-0.2, -0.15) is 0 Å². The summed E-state index contributed by atoms with van der Waals surface area (Å²) in [5.74, 6) is -1.24. The number of para-hydroxylation sites is 2. The molecule has 2 aromatic rings. The molecule has 0 aliphatic carbocycles. The van der Waals surface area contributed by atoms with Crippen LogP contribution in [-0.4, -0.2) is 48.2 Å². The summed E-state index contributed by atoms with van der Waals surface area (Å²) in [6.07, 6.45) is -1.51. The van der Waals surface area contributed by atoms with Gasteiger partial charge in [0.1, 0.15) is 11.4 Å². The molecule has 0 saturated heterocycles. The van der Waals surface area contributed by atoms with Crippen molar-refractivity contribution in [3.8, 4) is 11.5 Å². The summed E-state index contributed by atoms with van der Waals surface area (Å²) >= 11 is 17.7. The minimum Gasteiger partial charge on any atom is -0.493 e. The van der Waals surface area contributed by atoms with E-state index in [1.54, 1.807) is 18.2 Å². The second-order valence-corrected chi connectivity index (χ2v) is 10.3. The molecule has 160 valence electrons. The highest BCUT2D eigenvalue weighted by molar-refractivity contribution is 7.90. The minimum atomic E-state index is -4.17. The van der Waals surface area contributed by atoms with E-state index in [1.165, 1.54) is 37.4 Å². The van der Waals surface area contributed by atoms with Gasteiger partial charge in [0.2, 0.25) is 15.9 Å². The van der Waals surface area contributed by atoms with Crippen LogP contribution >= 0.6 is 34.8 Å². The highest BCUT2D eigenvalue weighted by Crippen LogP contribution is 2.35. The van der Waals surface area contributed by atoms with Gasteiger partial charge < -0.3 is 14.8 Å². The van der Waals surface area contributed by atoms with E-state index in [1.807, 2.05) is 0 Å². The molecule has 2 amide bonds. The number of nitrogens with one attached hydrogen (secondary N) is 1. The molecule has 1 heterocycles. The normalized spacial score (nSPS) is 16.0. The smallest absolute Gasteiger partial charge is 0.269 e. The lowest BCUT2D eigenvalue weighted by Gasteiger charge is -2.27. The topological polar surface area (TPSA) is 102 Å². The first kappa shape index (κ1) is 22.5. The van der Waals surface area contributed by atoms with E-state index in [-0.39, 0.29) is 16.2 Å². The van der Waals surface area contributed by atoms with Crippen molar-refractivity contribution in [2.45, 2.75) is 14.9 Å². The number of hydrogen-bond acceptors (Lipinski definition) is 6. The lowest BCUT2D eigenvalue weighted by atomic mass is 10.2. The number of methoxy groups -OCH3 is 1. The fourth-order valence-electron chi connectivity index (χ4n) is 2.73. The van der Waals surface area contributed by atoms with Crippen molar-refractivity contribution in [1.82, 2.24) is 9.62 Å². The molecule has 8 nitrogen and oxygen atoms in total. The van der Waals surface area contributed by atoms with Crippen molar-refractivity contribution in [3.63, 3.8) is 0 Å². The van der Waals surface area contributed by atoms with Crippen molar-refractivity contribution in [1.29, 1.82) is 0 Å². The van der Waals surface area contributed by atoms with Gasteiger partial charge in [-0.1, -0.05) is 59.1 Å². The number of carbonyl (C=O) groups excluding carboxylic acids is 2. The summed E-state index contributed by atoms with van der Waals surface area (Å²) in [5, 5.41) is 2.30. The molecule has 1 N–H and O–H groups in total. The number of benzene rings is 2. The van der Waals surface area contributed by atoms with E-state index in [0.29, 0.717) is 10.1 Å². The Labute approximate surface area is 187 Å². The van der Waals surface area contributed by atoms with Crippen LogP contribution < -0.4 is 14.8 Å². The Balaban J connectivity index is 1.78. The molecule has 1 atom stereocenters. The first-order valence-electron chi connectivity index (χ1n) is 8.37. The zero-order chi connectivity index (χ0) is 22.1. The molecule has 0 fully saturated rings. The predicted molar refractivity (Wildman–Crippen MR) is 111 cm³/mol. The molecular formula is C18H15Cl3N2O6S. The molecule has 0 aromatic heterocycles. The van der Waals surface area contributed by atoms with Crippen molar-refractivity contribution in [3.05, 3.63) is 54.1 Å². The number of carbonyl (C=O) groups is 2. The van der Waals surface area contributed by atoms with Crippen LogP contribution in [0.3, 0.4) is 0 Å². The number of halogens is 3. The van der Waals surface area contributed by atoms with E-state index < -0.39 is 38.4 Å². The minimum absolute atomic E-state index is 0.0199. The summed E-state index contributed by atoms with van der Waals surface area (Å²) in [4.78, 5) is 24.8. The number of hydrogen-bond donors (Lipinski definition) is 1. The quantitative estimate of drug-likeness (QED) is 0.490. The molecule has 2 aromatic carbocycles. The Kier molecular flexibility index (Phi) is 6.37. The third-order valence-electron chi connectivity index (χ3n) is 4.10. The monoisotopic (exact) mass is 492 g/mol. The highest BCUT2D eigenvalue weighted by atomic mass is 35.6. The zero-order valence-corrected chi connectivity index (χ0v) is 18.4. The first-order valence-corrected chi connectivity index (χ1v) is 10.9. The summed E-state index contributed by atoms with van der Waals surface area (Å²) in [6.45, 7) is -0.817. The number of rotatable bonds is 6. The maximum atomic E-state index is 12.6. The molecular weight excluding hydrogens is 479 g/mol. The average molecular weight is 494 g/mol. The van der Waals surface area contributed by atoms with Gasteiger partial charge in [-0.15, -0.1) is 0 Å². The molecule has 1 aliphatic rings. The van der Waals surface area contributed by atoms with E-state index >= 15 is 0 Å². The summed E-state index contributed by atoms with van der Waals surface area (Å²) < 4.78 is 34.2. The molecule has 0 spiro atoms. The fourth-order valence-corrected chi connectivity index (χ4v) is 4.55. The van der Waals surface area contributed by atoms with Gasteiger partial charge in [0, 0.05) is 0 Å². The number of amides is 2. The van der Waals surface area contributed by atoms with Crippen molar-refractivity contribution in [2.24, 2.45) is 0 Å². The van der Waals surface area contributed by atoms with E-state index in [9.17, 15) is 18.0 Å². The Morgan fingerprint density at radius 3 is 2.30 bits per heavy atom. The SMILES string of the molecule is COc1ccccc1OC(NC(=O)CN1C(=O)c2ccccc2S1(=O)=O)C(Cl)(Cl)Cl. The van der Waals surface area contributed by atoms with Crippen LogP contribution in [0, 0.1) is 0 Å². The lowest BCUT2D eigenvalue weighted by molar-refractivity contribution is -0.123. The average Bonchev–Trinajstić information content (AvgIpc) is 2.88. The predicted octanol–water partition coefficient (Wildman–Crippen LogP) is 2.73. The Bertz CT molecular complexity index is 1090. The van der Waals surface area contributed by atoms with Crippen molar-refractivity contribution < 1.29 is 27.5 Å². The maximum absolute atomic E-state index is 12.6. The molecule has 0 saturated carbocycles. The Hall–Kier alpha value is -2.20. The van der Waals surface area contributed by atoms with Crippen LogP contribution in [0.4, 0.5) is 0 Å². The molecule has 0 radical (unpaired) electrons. The van der Waals surface area contributed by atoms with Gasteiger partial charge in [0.15, 0.2) is 11.5 Å². The molecule has 0 bridgehead atoms. The number of nitrogens with zero attached hydrogens (tertiary/aromatic N) is 1. The van der Waals surface area contributed by atoms with Crippen LogP contribution in [0.15, 0.2) is 53.4 Å². The first-order chi connectivity index (χ1) is 14.1. The molecule has 3 rings (SSSR count). The maximum Gasteiger partial charge on any atom is 0.269 e. The van der Waals surface area contributed by atoms with Crippen molar-refractivity contribution >= 4 is 56.6 Å². The van der Waals surface area contributed by atoms with E-state index in [0.717, 1.165) is 0 Å². The van der Waals surface area contributed by atoms with Gasteiger partial charge in [-0.25, -0.2) is 12.7 Å². The van der Waals surface area contributed by atoms with Crippen molar-refractivity contribution in [2.75, 3.05) is 13.7 Å². The van der Waals surface area contributed by atoms with Crippen LogP contribution in [-0.2, 0) is 14.8 Å². The van der Waals surface area contributed by atoms with Crippen LogP contribution in [0.2, 0.25) is 0 Å². The summed E-state index contributed by atoms with van der Waals surface area (Å²) in [5.41, 5.74) is -0.0199. The number of fused-ring (bicyclic) bond motifs is 1. The molecule has 1 unspecified atom stereocenters. The lowest BCUT2D eigenvalue weighted by Crippen LogP contribution is -2.51. The molecule has 1 aliphatic heterocycles. The molecule has 30 heavy (non-hydrogen) atoms. The van der Waals surface area contributed by atoms with Gasteiger partial charge in [-0.3, -0.25) is 9.59 Å². The van der Waals surface area contributed by atoms with E-state index in [4.69, 9.17) is 44.3 Å².